The summed E-state index contributed by atoms with van der Waals surface area (Å²) in [6.07, 6.45) is 6.57. The van der Waals surface area contributed by atoms with Crippen molar-refractivity contribution >= 4 is 35.6 Å². The fourth-order valence-corrected chi connectivity index (χ4v) is 5.16. The number of hydrogen-bond donors (Lipinski definition) is 4. The first-order chi connectivity index (χ1) is 18.3. The van der Waals surface area contributed by atoms with Gasteiger partial charge in [-0.1, -0.05) is 45.4 Å². The van der Waals surface area contributed by atoms with Gasteiger partial charge in [-0.2, -0.15) is 0 Å². The number of alkyl carbamates (subject to hydrolysis) is 1. The van der Waals surface area contributed by atoms with Gasteiger partial charge in [0.1, 0.15) is 24.2 Å². The number of carboxylic acids is 1. The van der Waals surface area contributed by atoms with Gasteiger partial charge in [0, 0.05) is 6.54 Å². The summed E-state index contributed by atoms with van der Waals surface area (Å²) in [6.45, 7) is 6.60. The van der Waals surface area contributed by atoms with Gasteiger partial charge < -0.3 is 30.7 Å². The second kappa shape index (κ2) is 14.8. The number of hydrogen-bond acceptors (Lipinski definition) is 7. The van der Waals surface area contributed by atoms with Crippen LogP contribution in [0.1, 0.15) is 91.9 Å². The Morgan fingerprint density at radius 1 is 0.949 bits per heavy atom. The fourth-order valence-electron chi connectivity index (χ4n) is 5.16. The molecule has 4 amide bonds. The molecule has 3 unspecified atom stereocenters. The van der Waals surface area contributed by atoms with Gasteiger partial charge in [0.2, 0.25) is 17.6 Å². The zero-order valence-corrected chi connectivity index (χ0v) is 23.5. The number of ether oxygens (including phenoxy) is 1. The molecular weight excluding hydrogens is 508 g/mol. The molecule has 1 saturated heterocycles. The molecule has 39 heavy (non-hydrogen) atoms. The van der Waals surface area contributed by atoms with Crippen LogP contribution in [0.15, 0.2) is 0 Å². The number of nitrogens with zero attached hydrogens (tertiary/aromatic N) is 1. The standard InChI is InChI=1S/C27H44N4O8/c1-5-10-18(22(34)24(36)28-16-21(32)33)29-23(35)20-13-9-14-31(20)25(37)19(15-17-11-7-6-8-12-17)30-26(38)39-27(2,3)4/h17-20H,5-16H2,1-4H3,(H,28,36)(H,29,35)(H,30,38)(H,32,33). The molecule has 1 aliphatic heterocycles. The van der Waals surface area contributed by atoms with Crippen LogP contribution in [0.4, 0.5) is 4.79 Å². The third-order valence-electron chi connectivity index (χ3n) is 6.96. The van der Waals surface area contributed by atoms with E-state index in [9.17, 15) is 28.8 Å². The number of carbonyl (C=O) groups excluding carboxylic acids is 5. The van der Waals surface area contributed by atoms with E-state index in [1.165, 1.54) is 4.90 Å². The number of likely N-dealkylation sites (tertiary alicyclic amines) is 1. The largest absolute Gasteiger partial charge is 0.480 e. The minimum atomic E-state index is -1.30. The molecule has 2 fully saturated rings. The average molecular weight is 553 g/mol. The van der Waals surface area contributed by atoms with E-state index in [0.29, 0.717) is 32.2 Å². The van der Waals surface area contributed by atoms with Crippen LogP contribution < -0.4 is 16.0 Å². The van der Waals surface area contributed by atoms with Crippen LogP contribution in [0.25, 0.3) is 0 Å². The van der Waals surface area contributed by atoms with Crippen molar-refractivity contribution in [3.8, 4) is 0 Å². The molecule has 4 N–H and O–H groups in total. The molecule has 3 atom stereocenters. The number of Topliss-reactive ketones (excluding diaryl/α,β-unsaturated/α-hetero) is 1. The molecule has 2 rings (SSSR count). The summed E-state index contributed by atoms with van der Waals surface area (Å²) in [5.41, 5.74) is -0.740. The summed E-state index contributed by atoms with van der Waals surface area (Å²) < 4.78 is 5.40. The zero-order chi connectivity index (χ0) is 29.2. The molecule has 2 aliphatic rings. The lowest BCUT2D eigenvalue weighted by Gasteiger charge is -2.32. The molecule has 220 valence electrons. The zero-order valence-electron chi connectivity index (χ0n) is 23.5. The van der Waals surface area contributed by atoms with Crippen molar-refractivity contribution in [2.75, 3.05) is 13.1 Å². The predicted molar refractivity (Wildman–Crippen MR) is 142 cm³/mol. The Morgan fingerprint density at radius 3 is 2.21 bits per heavy atom. The molecule has 0 bridgehead atoms. The third kappa shape index (κ3) is 10.5. The Balaban J connectivity index is 2.15. The second-order valence-corrected chi connectivity index (χ2v) is 11.4. The second-order valence-electron chi connectivity index (χ2n) is 11.4. The maximum atomic E-state index is 13.7. The molecule has 0 radical (unpaired) electrons. The van der Waals surface area contributed by atoms with Crippen LogP contribution in [-0.2, 0) is 28.7 Å². The Hall–Kier alpha value is -3.18. The minimum absolute atomic E-state index is 0.177. The molecule has 0 aromatic heterocycles. The minimum Gasteiger partial charge on any atom is -0.480 e. The SMILES string of the molecule is CCCC(NC(=O)C1CCCN1C(=O)C(CC1CCCCC1)NC(=O)OC(C)(C)C)C(=O)C(=O)NCC(=O)O. The highest BCUT2D eigenvalue weighted by molar-refractivity contribution is 6.38. The normalized spacial score (nSPS) is 19.5. The van der Waals surface area contributed by atoms with Crippen molar-refractivity contribution in [2.24, 2.45) is 5.92 Å². The summed E-state index contributed by atoms with van der Waals surface area (Å²) >= 11 is 0. The van der Waals surface area contributed by atoms with Crippen molar-refractivity contribution in [2.45, 2.75) is 116 Å². The molecule has 0 aromatic rings. The topological polar surface area (TPSA) is 171 Å². The average Bonchev–Trinajstić information content (AvgIpc) is 3.35. The lowest BCUT2D eigenvalue weighted by atomic mass is 9.84. The molecule has 0 aromatic carbocycles. The molecule has 12 nitrogen and oxygen atoms in total. The number of carbonyl (C=O) groups is 6. The van der Waals surface area contributed by atoms with Crippen molar-refractivity contribution in [1.29, 1.82) is 0 Å². The van der Waals surface area contributed by atoms with Crippen LogP contribution in [-0.4, -0.2) is 82.4 Å². The number of nitrogens with one attached hydrogen (secondary N) is 3. The first-order valence-electron chi connectivity index (χ1n) is 14.0. The van der Waals surface area contributed by atoms with Gasteiger partial charge in [0.25, 0.3) is 5.91 Å². The summed E-state index contributed by atoms with van der Waals surface area (Å²) in [5, 5.41) is 16.1. The molecule has 1 heterocycles. The molecule has 12 heteroatoms. The van der Waals surface area contributed by atoms with Gasteiger partial charge in [-0.25, -0.2) is 4.79 Å². The Bertz CT molecular complexity index is 910. The maximum Gasteiger partial charge on any atom is 0.408 e. The third-order valence-corrected chi connectivity index (χ3v) is 6.96. The van der Waals surface area contributed by atoms with Crippen LogP contribution in [0.3, 0.4) is 0 Å². The summed E-state index contributed by atoms with van der Waals surface area (Å²) in [4.78, 5) is 76.5. The number of amides is 4. The predicted octanol–water partition coefficient (Wildman–Crippen LogP) is 1.90. The highest BCUT2D eigenvalue weighted by Crippen LogP contribution is 2.29. The summed E-state index contributed by atoms with van der Waals surface area (Å²) in [5.74, 6) is -3.99. The monoisotopic (exact) mass is 552 g/mol. The molecule has 1 saturated carbocycles. The highest BCUT2D eigenvalue weighted by atomic mass is 16.6. The lowest BCUT2D eigenvalue weighted by molar-refractivity contribution is -0.144. The van der Waals surface area contributed by atoms with E-state index < -0.39 is 59.9 Å². The molecular formula is C27H44N4O8. The van der Waals surface area contributed by atoms with Crippen molar-refractivity contribution < 1.29 is 38.6 Å². The van der Waals surface area contributed by atoms with E-state index in [0.717, 1.165) is 32.1 Å². The molecule has 1 aliphatic carbocycles. The Labute approximate surface area is 230 Å². The van der Waals surface area contributed by atoms with E-state index in [1.54, 1.807) is 27.7 Å². The van der Waals surface area contributed by atoms with E-state index in [-0.39, 0.29) is 18.2 Å². The van der Waals surface area contributed by atoms with Gasteiger partial charge in [-0.05, 0) is 52.4 Å². The van der Waals surface area contributed by atoms with Crippen molar-refractivity contribution in [3.05, 3.63) is 0 Å². The maximum absolute atomic E-state index is 13.7. The molecule has 0 spiro atoms. The van der Waals surface area contributed by atoms with Crippen LogP contribution in [0, 0.1) is 5.92 Å². The number of aliphatic carboxylic acids is 1. The van der Waals surface area contributed by atoms with E-state index >= 15 is 0 Å². The quantitative estimate of drug-likeness (QED) is 0.266. The van der Waals surface area contributed by atoms with Gasteiger partial charge in [0.15, 0.2) is 0 Å². The number of rotatable bonds is 12. The van der Waals surface area contributed by atoms with Crippen LogP contribution in [0.2, 0.25) is 0 Å². The van der Waals surface area contributed by atoms with Crippen molar-refractivity contribution in [1.82, 2.24) is 20.9 Å². The van der Waals surface area contributed by atoms with Gasteiger partial charge >= 0.3 is 12.1 Å². The lowest BCUT2D eigenvalue weighted by Crippen LogP contribution is -2.56. The van der Waals surface area contributed by atoms with Crippen LogP contribution >= 0.6 is 0 Å². The van der Waals surface area contributed by atoms with E-state index in [2.05, 4.69) is 10.6 Å². The Morgan fingerprint density at radius 2 is 1.62 bits per heavy atom. The fraction of sp³-hybridized carbons (Fsp3) is 0.778. The van der Waals surface area contributed by atoms with Gasteiger partial charge in [0.05, 0.1) is 6.04 Å². The highest BCUT2D eigenvalue weighted by Gasteiger charge is 2.40. The number of ketones is 1. The summed E-state index contributed by atoms with van der Waals surface area (Å²) in [7, 11) is 0. The Kier molecular flexibility index (Phi) is 12.2. The van der Waals surface area contributed by atoms with Crippen molar-refractivity contribution in [3.63, 3.8) is 0 Å². The van der Waals surface area contributed by atoms with Gasteiger partial charge in [-0.15, -0.1) is 0 Å². The first-order valence-corrected chi connectivity index (χ1v) is 14.0. The van der Waals surface area contributed by atoms with E-state index in [1.807, 2.05) is 5.32 Å². The van der Waals surface area contributed by atoms with Crippen LogP contribution in [0.5, 0.6) is 0 Å². The van der Waals surface area contributed by atoms with Gasteiger partial charge in [-0.3, -0.25) is 24.0 Å². The summed E-state index contributed by atoms with van der Waals surface area (Å²) in [6, 6.07) is -2.86. The van der Waals surface area contributed by atoms with E-state index in [4.69, 9.17) is 9.84 Å². The number of carboxylic acid groups (broad SMARTS) is 1. The smallest absolute Gasteiger partial charge is 0.408 e. The first kappa shape index (κ1) is 32.0.